The van der Waals surface area contributed by atoms with Crippen LogP contribution in [0.15, 0.2) is 30.1 Å². The highest BCUT2D eigenvalue weighted by Gasteiger charge is 2.01. The van der Waals surface area contributed by atoms with E-state index in [1.165, 1.54) is 12.0 Å². The first-order valence-corrected chi connectivity index (χ1v) is 6.07. The molecule has 1 atom stereocenters. The summed E-state index contributed by atoms with van der Waals surface area (Å²) in [5.74, 6) is 0.686. The van der Waals surface area contributed by atoms with Gasteiger partial charge < -0.3 is 5.11 Å². The molecule has 0 spiro atoms. The van der Waals surface area contributed by atoms with E-state index in [0.29, 0.717) is 12.4 Å². The smallest absolute Gasteiger partial charge is 0.142 e. The van der Waals surface area contributed by atoms with Gasteiger partial charge in [-0.3, -0.25) is 5.32 Å². The molecule has 0 aliphatic heterocycles. The Labute approximate surface area is 103 Å². The van der Waals surface area contributed by atoms with Crippen molar-refractivity contribution >= 4 is 0 Å². The molecule has 1 heterocycles. The largest absolute Gasteiger partial charge is 0.375 e. The first-order chi connectivity index (χ1) is 8.22. The van der Waals surface area contributed by atoms with Crippen molar-refractivity contribution in [2.24, 2.45) is 0 Å². The fourth-order valence-electron chi connectivity index (χ4n) is 1.48. The van der Waals surface area contributed by atoms with Gasteiger partial charge in [-0.1, -0.05) is 18.9 Å². The van der Waals surface area contributed by atoms with Gasteiger partial charge in [0.15, 0.2) is 0 Å². The predicted octanol–water partition coefficient (Wildman–Crippen LogP) is 2.02. The average Bonchev–Trinajstić information content (AvgIpc) is 2.35. The van der Waals surface area contributed by atoms with Crippen LogP contribution in [0.25, 0.3) is 0 Å². The minimum atomic E-state index is -0.629. The van der Waals surface area contributed by atoms with E-state index in [9.17, 15) is 5.11 Å². The van der Waals surface area contributed by atoms with Crippen molar-refractivity contribution in [2.75, 3.05) is 0 Å². The molecule has 0 bridgehead atoms. The number of aliphatic hydroxyl groups excluding tert-OH is 1. The predicted molar refractivity (Wildman–Crippen MR) is 68.2 cm³/mol. The molecule has 2 N–H and O–H groups in total. The summed E-state index contributed by atoms with van der Waals surface area (Å²) in [5.41, 5.74) is 1.21. The van der Waals surface area contributed by atoms with Crippen LogP contribution in [0.1, 0.15) is 38.9 Å². The Morgan fingerprint density at radius 3 is 2.82 bits per heavy atom. The first kappa shape index (κ1) is 13.8. The summed E-state index contributed by atoms with van der Waals surface area (Å²) in [4.78, 5) is 8.15. The van der Waals surface area contributed by atoms with Crippen molar-refractivity contribution in [2.45, 2.75) is 45.9 Å². The molecule has 0 aliphatic rings. The summed E-state index contributed by atoms with van der Waals surface area (Å²) >= 11 is 0. The average molecular weight is 235 g/mol. The maximum atomic E-state index is 9.74. The summed E-state index contributed by atoms with van der Waals surface area (Å²) in [5, 5.41) is 12.7. The van der Waals surface area contributed by atoms with Gasteiger partial charge in [-0.25, -0.2) is 9.97 Å². The molecule has 17 heavy (non-hydrogen) atoms. The fraction of sp³-hybridized carbons (Fsp3) is 0.538. The number of aromatic nitrogens is 2. The highest BCUT2D eigenvalue weighted by atomic mass is 16.3. The lowest BCUT2D eigenvalue weighted by Gasteiger charge is -2.09. The fourth-order valence-corrected chi connectivity index (χ4v) is 1.48. The third kappa shape index (κ3) is 6.14. The quantitative estimate of drug-likeness (QED) is 0.561. The van der Waals surface area contributed by atoms with E-state index in [2.05, 4.69) is 22.2 Å². The Balaban J connectivity index is 2.32. The van der Waals surface area contributed by atoms with E-state index in [0.717, 1.165) is 12.8 Å². The van der Waals surface area contributed by atoms with E-state index in [1.807, 2.05) is 13.0 Å². The number of aliphatic hydroxyl groups is 1. The lowest BCUT2D eigenvalue weighted by Crippen LogP contribution is -2.27. The van der Waals surface area contributed by atoms with Gasteiger partial charge in [-0.2, -0.15) is 0 Å². The lowest BCUT2D eigenvalue weighted by molar-refractivity contribution is 0.180. The molecule has 0 aliphatic carbocycles. The highest BCUT2D eigenvalue weighted by Crippen LogP contribution is 2.06. The van der Waals surface area contributed by atoms with Crippen molar-refractivity contribution in [3.05, 3.63) is 35.9 Å². The van der Waals surface area contributed by atoms with Gasteiger partial charge in [0.05, 0.1) is 6.54 Å². The maximum Gasteiger partial charge on any atom is 0.142 e. The van der Waals surface area contributed by atoms with E-state index >= 15 is 0 Å². The summed E-state index contributed by atoms with van der Waals surface area (Å²) in [7, 11) is 0. The van der Waals surface area contributed by atoms with Gasteiger partial charge in [0.2, 0.25) is 0 Å². The molecule has 94 valence electrons. The summed E-state index contributed by atoms with van der Waals surface area (Å²) in [6, 6.07) is 1.77. The van der Waals surface area contributed by atoms with Crippen molar-refractivity contribution < 1.29 is 5.11 Å². The second kappa shape index (κ2) is 7.92. The minimum Gasteiger partial charge on any atom is -0.375 e. The first-order valence-electron chi connectivity index (χ1n) is 6.07. The van der Waals surface area contributed by atoms with Crippen LogP contribution >= 0.6 is 0 Å². The molecule has 1 aromatic rings. The van der Waals surface area contributed by atoms with Crippen molar-refractivity contribution in [3.63, 3.8) is 0 Å². The molecule has 4 heteroatoms. The third-order valence-corrected chi connectivity index (χ3v) is 2.46. The molecule has 1 aromatic heterocycles. The molecule has 0 amide bonds. The molecular weight excluding hydrogens is 214 g/mol. The van der Waals surface area contributed by atoms with Crippen LogP contribution in [0, 0.1) is 0 Å². The normalized spacial score (nSPS) is 13.7. The van der Waals surface area contributed by atoms with Crippen LogP contribution in [-0.2, 0) is 6.54 Å². The van der Waals surface area contributed by atoms with E-state index in [4.69, 9.17) is 0 Å². The van der Waals surface area contributed by atoms with Crippen LogP contribution in [-0.4, -0.2) is 21.3 Å². The molecule has 0 saturated carbocycles. The topological polar surface area (TPSA) is 58.0 Å². The number of rotatable bonds is 7. The van der Waals surface area contributed by atoms with E-state index in [-0.39, 0.29) is 0 Å². The van der Waals surface area contributed by atoms with Crippen LogP contribution in [0.3, 0.4) is 0 Å². The summed E-state index contributed by atoms with van der Waals surface area (Å²) < 4.78 is 0. The second-order valence-corrected chi connectivity index (χ2v) is 4.11. The van der Waals surface area contributed by atoms with E-state index < -0.39 is 6.23 Å². The van der Waals surface area contributed by atoms with E-state index in [1.54, 1.807) is 18.5 Å². The van der Waals surface area contributed by atoms with Crippen LogP contribution in [0.2, 0.25) is 0 Å². The number of allylic oxidation sites excluding steroid dienone is 1. The van der Waals surface area contributed by atoms with Crippen LogP contribution < -0.4 is 5.32 Å². The molecule has 0 fully saturated rings. The number of unbranched alkanes of at least 4 members (excludes halogenated alkanes) is 1. The number of hydrogen-bond donors (Lipinski definition) is 2. The molecular formula is C13H21N3O. The molecule has 1 unspecified atom stereocenters. The Bertz CT molecular complexity index is 338. The minimum absolute atomic E-state index is 0.472. The molecule has 0 radical (unpaired) electrons. The molecule has 0 aromatic carbocycles. The zero-order valence-corrected chi connectivity index (χ0v) is 10.6. The summed E-state index contributed by atoms with van der Waals surface area (Å²) in [6.07, 6.45) is 7.98. The Morgan fingerprint density at radius 2 is 2.18 bits per heavy atom. The van der Waals surface area contributed by atoms with Gasteiger partial charge >= 0.3 is 0 Å². The SMILES string of the molecule is CCCC/C(C)=C/C(O)NCc1ncccn1. The zero-order chi connectivity index (χ0) is 12.5. The summed E-state index contributed by atoms with van der Waals surface area (Å²) in [6.45, 7) is 4.67. The number of hydrogen-bond acceptors (Lipinski definition) is 4. The second-order valence-electron chi connectivity index (χ2n) is 4.11. The Kier molecular flexibility index (Phi) is 6.43. The van der Waals surface area contributed by atoms with Gasteiger partial charge in [-0.15, -0.1) is 0 Å². The molecule has 4 nitrogen and oxygen atoms in total. The highest BCUT2D eigenvalue weighted by molar-refractivity contribution is 5.01. The number of nitrogens with zero attached hydrogens (tertiary/aromatic N) is 2. The molecule has 1 rings (SSSR count). The van der Waals surface area contributed by atoms with Gasteiger partial charge in [-0.05, 0) is 31.9 Å². The van der Waals surface area contributed by atoms with Crippen molar-refractivity contribution in [1.82, 2.24) is 15.3 Å². The lowest BCUT2D eigenvalue weighted by atomic mass is 10.1. The molecule has 0 saturated heterocycles. The third-order valence-electron chi connectivity index (χ3n) is 2.46. The monoisotopic (exact) mass is 235 g/mol. The van der Waals surface area contributed by atoms with Crippen LogP contribution in [0.4, 0.5) is 0 Å². The van der Waals surface area contributed by atoms with Gasteiger partial charge in [0.25, 0.3) is 0 Å². The standard InChI is InChI=1S/C13H21N3O/c1-3-4-6-11(2)9-13(17)16-10-12-14-7-5-8-15-12/h5,7-9,13,16-17H,3-4,6,10H2,1-2H3/b11-9+. The van der Waals surface area contributed by atoms with Crippen molar-refractivity contribution in [1.29, 1.82) is 0 Å². The van der Waals surface area contributed by atoms with Gasteiger partial charge in [0.1, 0.15) is 12.1 Å². The zero-order valence-electron chi connectivity index (χ0n) is 10.6. The Morgan fingerprint density at radius 1 is 1.47 bits per heavy atom. The number of nitrogens with one attached hydrogen (secondary N) is 1. The van der Waals surface area contributed by atoms with Crippen molar-refractivity contribution in [3.8, 4) is 0 Å². The Hall–Kier alpha value is -1.26. The van der Waals surface area contributed by atoms with Gasteiger partial charge in [0, 0.05) is 12.4 Å². The van der Waals surface area contributed by atoms with Crippen LogP contribution in [0.5, 0.6) is 0 Å². The maximum absolute atomic E-state index is 9.74.